The number of thioether (sulfide) groups is 1. The second kappa shape index (κ2) is 12.0. The van der Waals surface area contributed by atoms with E-state index in [-0.39, 0.29) is 11.8 Å². The Morgan fingerprint density at radius 3 is 2.34 bits per heavy atom. The van der Waals surface area contributed by atoms with Gasteiger partial charge in [0.2, 0.25) is 17.7 Å². The predicted molar refractivity (Wildman–Crippen MR) is 112 cm³/mol. The largest absolute Gasteiger partial charge is 0.480 e. The number of nitrogens with one attached hydrogen (secondary N) is 2. The summed E-state index contributed by atoms with van der Waals surface area (Å²) in [5, 5.41) is 14.6. The number of hydrogen-bond donors (Lipinski definition) is 4. The van der Waals surface area contributed by atoms with Gasteiger partial charge in [-0.3, -0.25) is 14.4 Å². The van der Waals surface area contributed by atoms with Crippen LogP contribution in [0.3, 0.4) is 0 Å². The van der Waals surface area contributed by atoms with E-state index in [0.717, 1.165) is 0 Å². The molecule has 1 fully saturated rings. The number of aliphatic carboxylic acids is 1. The van der Waals surface area contributed by atoms with Crippen molar-refractivity contribution in [2.24, 2.45) is 11.7 Å². The highest BCUT2D eigenvalue weighted by molar-refractivity contribution is 7.98. The van der Waals surface area contributed by atoms with Gasteiger partial charge in [0.1, 0.15) is 18.1 Å². The zero-order chi connectivity index (χ0) is 22.1. The smallest absolute Gasteiger partial charge is 0.326 e. The maximum atomic E-state index is 12.8. The van der Waals surface area contributed by atoms with Gasteiger partial charge in [-0.25, -0.2) is 4.79 Å². The highest BCUT2D eigenvalue weighted by Gasteiger charge is 2.37. The lowest BCUT2D eigenvalue weighted by Gasteiger charge is -2.28. The third-order valence-corrected chi connectivity index (χ3v) is 5.44. The second-order valence-corrected chi connectivity index (χ2v) is 8.84. The number of nitrogens with two attached hydrogens (primary N) is 1. The first-order valence-electron chi connectivity index (χ1n) is 9.97. The van der Waals surface area contributed by atoms with E-state index < -0.39 is 42.0 Å². The van der Waals surface area contributed by atoms with E-state index >= 15 is 0 Å². The molecule has 0 aromatic heterocycles. The lowest BCUT2D eigenvalue weighted by molar-refractivity contribution is -0.143. The van der Waals surface area contributed by atoms with Crippen molar-refractivity contribution < 1.29 is 24.3 Å². The van der Waals surface area contributed by atoms with E-state index in [2.05, 4.69) is 10.6 Å². The van der Waals surface area contributed by atoms with Gasteiger partial charge in [-0.1, -0.05) is 13.8 Å². The summed E-state index contributed by atoms with van der Waals surface area (Å²) in [5.41, 5.74) is 5.67. The summed E-state index contributed by atoms with van der Waals surface area (Å²) >= 11 is 1.49. The lowest BCUT2D eigenvalue weighted by Crippen LogP contribution is -2.56. The molecule has 29 heavy (non-hydrogen) atoms. The number of carbonyl (C=O) groups is 4. The number of amides is 3. The van der Waals surface area contributed by atoms with Crippen molar-refractivity contribution in [2.45, 2.75) is 70.6 Å². The van der Waals surface area contributed by atoms with Gasteiger partial charge in [-0.05, 0) is 50.5 Å². The summed E-state index contributed by atoms with van der Waals surface area (Å²) in [6, 6.07) is -3.25. The molecule has 3 amide bonds. The van der Waals surface area contributed by atoms with Crippen LogP contribution < -0.4 is 16.4 Å². The van der Waals surface area contributed by atoms with Gasteiger partial charge in [-0.2, -0.15) is 11.8 Å². The SMILES string of the molecule is CSCCC(NC(=O)C(CC(C)C)NC(=O)C1CCCN1C(=O)C(C)N)C(=O)O. The Hall–Kier alpha value is -1.81. The molecule has 1 saturated heterocycles. The lowest BCUT2D eigenvalue weighted by atomic mass is 10.0. The van der Waals surface area contributed by atoms with E-state index in [1.165, 1.54) is 16.7 Å². The fourth-order valence-electron chi connectivity index (χ4n) is 3.30. The van der Waals surface area contributed by atoms with Gasteiger partial charge in [-0.15, -0.1) is 0 Å². The van der Waals surface area contributed by atoms with Gasteiger partial charge in [0.05, 0.1) is 6.04 Å². The minimum absolute atomic E-state index is 0.103. The Kier molecular flexibility index (Phi) is 10.5. The summed E-state index contributed by atoms with van der Waals surface area (Å²) < 4.78 is 0. The number of nitrogens with zero attached hydrogens (tertiary/aromatic N) is 1. The van der Waals surface area contributed by atoms with Crippen molar-refractivity contribution in [1.82, 2.24) is 15.5 Å². The van der Waals surface area contributed by atoms with Crippen LogP contribution in [0.4, 0.5) is 0 Å². The Morgan fingerprint density at radius 1 is 1.17 bits per heavy atom. The molecule has 0 aromatic carbocycles. The minimum Gasteiger partial charge on any atom is -0.480 e. The van der Waals surface area contributed by atoms with Gasteiger partial charge < -0.3 is 26.4 Å². The molecule has 166 valence electrons. The van der Waals surface area contributed by atoms with E-state index in [9.17, 15) is 24.3 Å². The minimum atomic E-state index is -1.11. The van der Waals surface area contributed by atoms with E-state index in [1.54, 1.807) is 6.92 Å². The quantitative estimate of drug-likeness (QED) is 0.366. The van der Waals surface area contributed by atoms with Crippen LogP contribution in [0.15, 0.2) is 0 Å². The predicted octanol–water partition coefficient (Wildman–Crippen LogP) is 0.178. The number of carboxylic acids is 1. The molecule has 1 aliphatic rings. The molecule has 1 heterocycles. The molecule has 1 aliphatic heterocycles. The molecule has 4 atom stereocenters. The molecular formula is C19H34N4O5S. The van der Waals surface area contributed by atoms with E-state index in [0.29, 0.717) is 38.0 Å². The van der Waals surface area contributed by atoms with Crippen LogP contribution in [-0.2, 0) is 19.2 Å². The standard InChI is InChI=1S/C19H34N4O5S/c1-11(2)10-14(16(24)21-13(19(27)28)7-9-29-4)22-17(25)15-6-5-8-23(15)18(26)12(3)20/h11-15H,5-10,20H2,1-4H3,(H,21,24)(H,22,25)(H,27,28). The molecule has 0 saturated carbocycles. The molecule has 5 N–H and O–H groups in total. The Balaban J connectivity index is 2.86. The summed E-state index contributed by atoms with van der Waals surface area (Å²) in [4.78, 5) is 50.7. The van der Waals surface area contributed by atoms with Gasteiger partial charge in [0, 0.05) is 6.54 Å². The molecule has 0 spiro atoms. The van der Waals surface area contributed by atoms with Gasteiger partial charge in [0.25, 0.3) is 0 Å². The first kappa shape index (κ1) is 25.2. The summed E-state index contributed by atoms with van der Waals surface area (Å²) in [7, 11) is 0. The van der Waals surface area contributed by atoms with Crippen LogP contribution in [0.1, 0.15) is 46.5 Å². The number of carboxylic acid groups (broad SMARTS) is 1. The molecular weight excluding hydrogens is 396 g/mol. The fourth-order valence-corrected chi connectivity index (χ4v) is 3.77. The topological polar surface area (TPSA) is 142 Å². The number of rotatable bonds is 11. The molecule has 10 heteroatoms. The third kappa shape index (κ3) is 7.85. The van der Waals surface area contributed by atoms with Crippen molar-refractivity contribution in [2.75, 3.05) is 18.6 Å². The van der Waals surface area contributed by atoms with Crippen molar-refractivity contribution in [3.63, 3.8) is 0 Å². The average Bonchev–Trinajstić information content (AvgIpc) is 3.12. The molecule has 0 aliphatic carbocycles. The Bertz CT molecular complexity index is 599. The normalized spacial score (nSPS) is 19.5. The first-order valence-corrected chi connectivity index (χ1v) is 11.4. The van der Waals surface area contributed by atoms with Gasteiger partial charge in [0.15, 0.2) is 0 Å². The van der Waals surface area contributed by atoms with Crippen LogP contribution >= 0.6 is 11.8 Å². The number of likely N-dealkylation sites (tertiary alicyclic amines) is 1. The van der Waals surface area contributed by atoms with Crippen molar-refractivity contribution in [3.8, 4) is 0 Å². The van der Waals surface area contributed by atoms with E-state index in [4.69, 9.17) is 5.73 Å². The van der Waals surface area contributed by atoms with E-state index in [1.807, 2.05) is 20.1 Å². The monoisotopic (exact) mass is 430 g/mol. The average molecular weight is 431 g/mol. The molecule has 9 nitrogen and oxygen atoms in total. The van der Waals surface area contributed by atoms with Crippen molar-refractivity contribution in [1.29, 1.82) is 0 Å². The molecule has 0 bridgehead atoms. The first-order chi connectivity index (χ1) is 13.6. The highest BCUT2D eigenvalue weighted by Crippen LogP contribution is 2.19. The number of carbonyl (C=O) groups excluding carboxylic acids is 3. The summed E-state index contributed by atoms with van der Waals surface area (Å²) in [6.07, 6.45) is 3.71. The Morgan fingerprint density at radius 2 is 1.83 bits per heavy atom. The Labute approximate surface area is 176 Å². The number of hydrogen-bond acceptors (Lipinski definition) is 6. The zero-order valence-electron chi connectivity index (χ0n) is 17.6. The zero-order valence-corrected chi connectivity index (χ0v) is 18.5. The summed E-state index contributed by atoms with van der Waals surface area (Å²) in [5.74, 6) is -1.64. The van der Waals surface area contributed by atoms with Crippen molar-refractivity contribution in [3.05, 3.63) is 0 Å². The molecule has 0 aromatic rings. The maximum absolute atomic E-state index is 12.8. The van der Waals surface area contributed by atoms with Crippen LogP contribution in [0.25, 0.3) is 0 Å². The fraction of sp³-hybridized carbons (Fsp3) is 0.789. The maximum Gasteiger partial charge on any atom is 0.326 e. The van der Waals surface area contributed by atoms with Crippen LogP contribution in [0.5, 0.6) is 0 Å². The second-order valence-electron chi connectivity index (χ2n) is 7.85. The molecule has 1 rings (SSSR count). The summed E-state index contributed by atoms with van der Waals surface area (Å²) in [6.45, 7) is 5.85. The molecule has 4 unspecified atom stereocenters. The van der Waals surface area contributed by atoms with Gasteiger partial charge >= 0.3 is 5.97 Å². The van der Waals surface area contributed by atoms with Crippen LogP contribution in [-0.4, -0.2) is 76.4 Å². The van der Waals surface area contributed by atoms with Crippen LogP contribution in [0, 0.1) is 5.92 Å². The highest BCUT2D eigenvalue weighted by atomic mass is 32.2. The third-order valence-electron chi connectivity index (χ3n) is 4.79. The van der Waals surface area contributed by atoms with Crippen LogP contribution in [0.2, 0.25) is 0 Å². The van der Waals surface area contributed by atoms with Crippen molar-refractivity contribution >= 4 is 35.5 Å². The molecule has 0 radical (unpaired) electrons.